The van der Waals surface area contributed by atoms with Gasteiger partial charge in [-0.3, -0.25) is 9.59 Å². The second kappa shape index (κ2) is 12.9. The largest absolute Gasteiger partial charge is 0.383 e. The summed E-state index contributed by atoms with van der Waals surface area (Å²) in [6.07, 6.45) is 0. The van der Waals surface area contributed by atoms with Gasteiger partial charge < -0.3 is 20.7 Å². The molecule has 0 spiro atoms. The molecule has 1 atom stereocenters. The standard InChI is InChI=1S/C17H26ClN3O3.ClH/c1-12(2)15(17(23)20-9-8-19-10-11-24-3)21-16(22)13-4-6-14(18)7-5-13;/h4-7,12,15,19H,8-11H2,1-3H3,(H,20,23)(H,21,22);1H. The number of ether oxygens (including phenoxy) is 1. The van der Waals surface area contributed by atoms with Gasteiger partial charge >= 0.3 is 0 Å². The number of amides is 2. The molecular weight excluding hydrogens is 365 g/mol. The van der Waals surface area contributed by atoms with Crippen LogP contribution in [0.15, 0.2) is 24.3 Å². The van der Waals surface area contributed by atoms with Crippen LogP contribution in [0.3, 0.4) is 0 Å². The minimum atomic E-state index is -0.591. The van der Waals surface area contributed by atoms with E-state index < -0.39 is 6.04 Å². The Kier molecular flexibility index (Phi) is 12.2. The van der Waals surface area contributed by atoms with Gasteiger partial charge in [0, 0.05) is 37.3 Å². The van der Waals surface area contributed by atoms with Gasteiger partial charge in [0.1, 0.15) is 6.04 Å². The highest BCUT2D eigenvalue weighted by atomic mass is 35.5. The molecule has 1 aromatic rings. The van der Waals surface area contributed by atoms with E-state index in [0.29, 0.717) is 30.3 Å². The first-order valence-corrected chi connectivity index (χ1v) is 8.37. The fourth-order valence-electron chi connectivity index (χ4n) is 2.04. The van der Waals surface area contributed by atoms with Gasteiger partial charge in [0.25, 0.3) is 5.91 Å². The smallest absolute Gasteiger partial charge is 0.251 e. The number of hydrogen-bond acceptors (Lipinski definition) is 4. The minimum Gasteiger partial charge on any atom is -0.383 e. The van der Waals surface area contributed by atoms with Crippen molar-refractivity contribution in [3.63, 3.8) is 0 Å². The van der Waals surface area contributed by atoms with Crippen molar-refractivity contribution < 1.29 is 14.3 Å². The highest BCUT2D eigenvalue weighted by Gasteiger charge is 2.24. The number of carbonyl (C=O) groups is 2. The molecule has 0 aromatic heterocycles. The second-order valence-corrected chi connectivity index (χ2v) is 6.17. The normalized spacial score (nSPS) is 11.6. The Morgan fingerprint density at radius 2 is 1.76 bits per heavy atom. The quantitative estimate of drug-likeness (QED) is 0.531. The van der Waals surface area contributed by atoms with Crippen LogP contribution in [0.2, 0.25) is 5.02 Å². The van der Waals surface area contributed by atoms with Crippen molar-refractivity contribution in [2.24, 2.45) is 5.92 Å². The summed E-state index contributed by atoms with van der Waals surface area (Å²) < 4.78 is 4.93. The van der Waals surface area contributed by atoms with Gasteiger partial charge in [-0.2, -0.15) is 0 Å². The van der Waals surface area contributed by atoms with Gasteiger partial charge in [0.15, 0.2) is 0 Å². The molecule has 25 heavy (non-hydrogen) atoms. The molecule has 0 aliphatic rings. The van der Waals surface area contributed by atoms with Crippen LogP contribution in [0.4, 0.5) is 0 Å². The molecular formula is C17H27Cl2N3O3. The van der Waals surface area contributed by atoms with E-state index in [1.807, 2.05) is 13.8 Å². The SMILES string of the molecule is COCCNCCNC(=O)C(NC(=O)c1ccc(Cl)cc1)C(C)C.Cl. The van der Waals surface area contributed by atoms with Crippen LogP contribution in [0, 0.1) is 5.92 Å². The molecule has 0 saturated heterocycles. The molecule has 3 N–H and O–H groups in total. The molecule has 8 heteroatoms. The third kappa shape index (κ3) is 9.07. The number of carbonyl (C=O) groups excluding carboxylic acids is 2. The topological polar surface area (TPSA) is 79.5 Å². The van der Waals surface area contributed by atoms with Gasteiger partial charge in [0.05, 0.1) is 6.61 Å². The minimum absolute atomic E-state index is 0. The van der Waals surface area contributed by atoms with Crippen molar-refractivity contribution in [2.75, 3.05) is 33.4 Å². The lowest BCUT2D eigenvalue weighted by molar-refractivity contribution is -0.123. The van der Waals surface area contributed by atoms with Crippen molar-refractivity contribution >= 4 is 35.8 Å². The van der Waals surface area contributed by atoms with Crippen molar-refractivity contribution in [1.82, 2.24) is 16.0 Å². The van der Waals surface area contributed by atoms with Crippen LogP contribution < -0.4 is 16.0 Å². The van der Waals surface area contributed by atoms with Crippen molar-refractivity contribution in [3.8, 4) is 0 Å². The first-order chi connectivity index (χ1) is 11.5. The van der Waals surface area contributed by atoms with Crippen LogP contribution in [0.25, 0.3) is 0 Å². The molecule has 2 amide bonds. The molecule has 0 saturated carbocycles. The fourth-order valence-corrected chi connectivity index (χ4v) is 2.17. The van der Waals surface area contributed by atoms with Gasteiger partial charge in [-0.05, 0) is 30.2 Å². The molecule has 1 aromatic carbocycles. The Balaban J connectivity index is 0.00000576. The molecule has 1 rings (SSSR count). The van der Waals surface area contributed by atoms with E-state index in [1.165, 1.54) is 0 Å². The van der Waals surface area contributed by atoms with Gasteiger partial charge in [0.2, 0.25) is 5.91 Å². The number of nitrogens with one attached hydrogen (secondary N) is 3. The predicted octanol–water partition coefficient (Wildman–Crippen LogP) is 1.87. The summed E-state index contributed by atoms with van der Waals surface area (Å²) in [5.74, 6) is -0.512. The highest BCUT2D eigenvalue weighted by Crippen LogP contribution is 2.10. The number of hydrogen-bond donors (Lipinski definition) is 3. The Hall–Kier alpha value is -1.34. The molecule has 0 aliphatic carbocycles. The van der Waals surface area contributed by atoms with E-state index in [9.17, 15) is 9.59 Å². The summed E-state index contributed by atoms with van der Waals surface area (Å²) in [6.45, 7) is 6.27. The first kappa shape index (κ1) is 23.7. The lowest BCUT2D eigenvalue weighted by Gasteiger charge is -2.22. The first-order valence-electron chi connectivity index (χ1n) is 7.99. The van der Waals surface area contributed by atoms with E-state index in [1.54, 1.807) is 31.4 Å². The van der Waals surface area contributed by atoms with E-state index in [-0.39, 0.29) is 30.1 Å². The Bertz CT molecular complexity index is 524. The van der Waals surface area contributed by atoms with Crippen molar-refractivity contribution in [2.45, 2.75) is 19.9 Å². The van der Waals surface area contributed by atoms with Crippen LogP contribution in [-0.4, -0.2) is 51.2 Å². The van der Waals surface area contributed by atoms with Gasteiger partial charge in [-0.15, -0.1) is 12.4 Å². The summed E-state index contributed by atoms with van der Waals surface area (Å²) in [4.78, 5) is 24.6. The maximum Gasteiger partial charge on any atom is 0.251 e. The Morgan fingerprint density at radius 1 is 1.12 bits per heavy atom. The van der Waals surface area contributed by atoms with Crippen LogP contribution in [0.5, 0.6) is 0 Å². The van der Waals surface area contributed by atoms with E-state index in [2.05, 4.69) is 16.0 Å². The summed E-state index contributed by atoms with van der Waals surface area (Å²) in [5, 5.41) is 9.31. The molecule has 1 unspecified atom stereocenters. The molecule has 0 bridgehead atoms. The zero-order valence-corrected chi connectivity index (χ0v) is 16.4. The van der Waals surface area contributed by atoms with E-state index in [4.69, 9.17) is 16.3 Å². The molecule has 0 radical (unpaired) electrons. The third-order valence-electron chi connectivity index (χ3n) is 3.43. The predicted molar refractivity (Wildman–Crippen MR) is 103 cm³/mol. The number of halogens is 2. The fraction of sp³-hybridized carbons (Fsp3) is 0.529. The van der Waals surface area contributed by atoms with Gasteiger partial charge in [-0.1, -0.05) is 25.4 Å². The summed E-state index contributed by atoms with van der Waals surface area (Å²) in [5.41, 5.74) is 0.471. The average molecular weight is 392 g/mol. The zero-order chi connectivity index (χ0) is 17.9. The Labute approximate surface area is 160 Å². The van der Waals surface area contributed by atoms with Crippen molar-refractivity contribution in [1.29, 1.82) is 0 Å². The third-order valence-corrected chi connectivity index (χ3v) is 3.68. The lowest BCUT2D eigenvalue weighted by Crippen LogP contribution is -2.50. The summed E-state index contributed by atoms with van der Waals surface area (Å²) in [6, 6.07) is 5.96. The van der Waals surface area contributed by atoms with Crippen LogP contribution in [0.1, 0.15) is 24.2 Å². The number of rotatable bonds is 10. The molecule has 6 nitrogen and oxygen atoms in total. The highest BCUT2D eigenvalue weighted by molar-refractivity contribution is 6.30. The molecule has 0 heterocycles. The van der Waals surface area contributed by atoms with Crippen LogP contribution >= 0.6 is 24.0 Å². The maximum absolute atomic E-state index is 12.3. The molecule has 142 valence electrons. The summed E-state index contributed by atoms with van der Waals surface area (Å²) in [7, 11) is 1.64. The maximum atomic E-state index is 12.3. The van der Waals surface area contributed by atoms with E-state index in [0.717, 1.165) is 6.54 Å². The van der Waals surface area contributed by atoms with Gasteiger partial charge in [-0.25, -0.2) is 0 Å². The monoisotopic (exact) mass is 391 g/mol. The summed E-state index contributed by atoms with van der Waals surface area (Å²) >= 11 is 5.82. The Morgan fingerprint density at radius 3 is 2.32 bits per heavy atom. The number of methoxy groups -OCH3 is 1. The zero-order valence-electron chi connectivity index (χ0n) is 14.8. The van der Waals surface area contributed by atoms with Crippen molar-refractivity contribution in [3.05, 3.63) is 34.9 Å². The molecule has 0 fully saturated rings. The van der Waals surface area contributed by atoms with Crippen LogP contribution in [-0.2, 0) is 9.53 Å². The lowest BCUT2D eigenvalue weighted by atomic mass is 10.0. The van der Waals surface area contributed by atoms with E-state index >= 15 is 0 Å². The number of benzene rings is 1. The molecule has 0 aliphatic heterocycles. The second-order valence-electron chi connectivity index (χ2n) is 5.74. The average Bonchev–Trinajstić information content (AvgIpc) is 2.55.